The Morgan fingerprint density at radius 2 is 1.54 bits per heavy atom. The van der Waals surface area contributed by atoms with Gasteiger partial charge >= 0.3 is 6.03 Å². The first-order chi connectivity index (χ1) is 13.4. The molecule has 0 spiro atoms. The molecule has 7 nitrogen and oxygen atoms in total. The largest absolute Gasteiger partial charge is 0.343 e. The zero-order valence-electron chi connectivity index (χ0n) is 16.3. The standard InChI is InChI=1S/C21H26N4O3/c1-4-15-9-5-7-11-17(15)24-19(26)13-22-20(27)16-10-6-8-12-18(16)25-21(28)23-14(2)3/h5-12,14H,4,13H2,1-3H3,(H,22,27)(H,24,26)(H2,23,25,28). The monoisotopic (exact) mass is 382 g/mol. The van der Waals surface area contributed by atoms with E-state index in [0.717, 1.165) is 17.7 Å². The molecule has 148 valence electrons. The van der Waals surface area contributed by atoms with Crippen LogP contribution in [0.25, 0.3) is 0 Å². The summed E-state index contributed by atoms with van der Waals surface area (Å²) in [6.07, 6.45) is 0.792. The van der Waals surface area contributed by atoms with Crippen LogP contribution in [0, 0.1) is 0 Å². The number of nitrogens with one attached hydrogen (secondary N) is 4. The van der Waals surface area contributed by atoms with Crippen molar-refractivity contribution >= 4 is 29.2 Å². The van der Waals surface area contributed by atoms with Crippen molar-refractivity contribution in [1.82, 2.24) is 10.6 Å². The topological polar surface area (TPSA) is 99.3 Å². The minimum atomic E-state index is -0.445. The molecule has 0 radical (unpaired) electrons. The molecule has 0 aliphatic rings. The lowest BCUT2D eigenvalue weighted by molar-refractivity contribution is -0.115. The average molecular weight is 382 g/mol. The maximum atomic E-state index is 12.5. The number of aryl methyl sites for hydroxylation is 1. The first kappa shape index (κ1) is 21.0. The van der Waals surface area contributed by atoms with E-state index in [1.807, 2.05) is 45.0 Å². The second-order valence-corrected chi connectivity index (χ2v) is 6.54. The fourth-order valence-corrected chi connectivity index (χ4v) is 2.61. The van der Waals surface area contributed by atoms with Crippen molar-refractivity contribution in [1.29, 1.82) is 0 Å². The molecule has 0 fully saturated rings. The highest BCUT2D eigenvalue weighted by atomic mass is 16.2. The molecule has 4 N–H and O–H groups in total. The fraction of sp³-hybridized carbons (Fsp3) is 0.286. The third-order valence-electron chi connectivity index (χ3n) is 3.92. The maximum absolute atomic E-state index is 12.5. The van der Waals surface area contributed by atoms with Crippen LogP contribution in [0.15, 0.2) is 48.5 Å². The molecule has 0 heterocycles. The van der Waals surface area contributed by atoms with E-state index in [-0.39, 0.29) is 24.1 Å². The number of rotatable bonds is 7. The fourth-order valence-electron chi connectivity index (χ4n) is 2.61. The first-order valence-electron chi connectivity index (χ1n) is 9.23. The van der Waals surface area contributed by atoms with E-state index < -0.39 is 11.9 Å². The third-order valence-corrected chi connectivity index (χ3v) is 3.92. The van der Waals surface area contributed by atoms with Gasteiger partial charge in [-0.2, -0.15) is 0 Å². The van der Waals surface area contributed by atoms with Gasteiger partial charge in [-0.3, -0.25) is 9.59 Å². The Balaban J connectivity index is 1.97. The Labute approximate surface area is 164 Å². The van der Waals surface area contributed by atoms with Crippen LogP contribution >= 0.6 is 0 Å². The molecule has 2 aromatic rings. The summed E-state index contributed by atoms with van der Waals surface area (Å²) in [6, 6.07) is 13.7. The highest BCUT2D eigenvalue weighted by Gasteiger charge is 2.14. The number of hydrogen-bond donors (Lipinski definition) is 4. The molecule has 0 atom stereocenters. The summed E-state index contributed by atoms with van der Waals surface area (Å²) in [5, 5.41) is 10.7. The van der Waals surface area contributed by atoms with E-state index in [9.17, 15) is 14.4 Å². The van der Waals surface area contributed by atoms with Gasteiger partial charge in [-0.25, -0.2) is 4.79 Å². The van der Waals surface area contributed by atoms with Crippen LogP contribution in [-0.4, -0.2) is 30.4 Å². The quantitative estimate of drug-likeness (QED) is 0.592. The zero-order chi connectivity index (χ0) is 20.5. The molecule has 7 heteroatoms. The zero-order valence-corrected chi connectivity index (χ0v) is 16.3. The van der Waals surface area contributed by atoms with Crippen LogP contribution in [-0.2, 0) is 11.2 Å². The number of urea groups is 1. The Morgan fingerprint density at radius 3 is 2.21 bits per heavy atom. The molecule has 0 bridgehead atoms. The van der Waals surface area contributed by atoms with Gasteiger partial charge in [0, 0.05) is 11.7 Å². The normalized spacial score (nSPS) is 10.3. The summed E-state index contributed by atoms with van der Waals surface area (Å²) in [4.78, 5) is 36.6. The van der Waals surface area contributed by atoms with Crippen molar-refractivity contribution < 1.29 is 14.4 Å². The Bertz CT molecular complexity index is 849. The number of hydrogen-bond acceptors (Lipinski definition) is 3. The Morgan fingerprint density at radius 1 is 0.893 bits per heavy atom. The van der Waals surface area contributed by atoms with Crippen molar-refractivity contribution in [2.75, 3.05) is 17.2 Å². The lowest BCUT2D eigenvalue weighted by Crippen LogP contribution is -2.36. The second-order valence-electron chi connectivity index (χ2n) is 6.54. The van der Waals surface area contributed by atoms with E-state index in [2.05, 4.69) is 21.3 Å². The molecule has 4 amide bonds. The lowest BCUT2D eigenvalue weighted by Gasteiger charge is -2.14. The molecule has 0 saturated heterocycles. The van der Waals surface area contributed by atoms with Gasteiger partial charge < -0.3 is 21.3 Å². The van der Waals surface area contributed by atoms with E-state index in [4.69, 9.17) is 0 Å². The molecule has 0 aromatic heterocycles. The van der Waals surface area contributed by atoms with Crippen LogP contribution < -0.4 is 21.3 Å². The number of para-hydroxylation sites is 2. The van der Waals surface area contributed by atoms with E-state index >= 15 is 0 Å². The van der Waals surface area contributed by atoms with Gasteiger partial charge in [0.1, 0.15) is 0 Å². The summed E-state index contributed by atoms with van der Waals surface area (Å²) in [7, 11) is 0. The second kappa shape index (κ2) is 10.1. The van der Waals surface area contributed by atoms with Gasteiger partial charge in [-0.1, -0.05) is 37.3 Å². The van der Waals surface area contributed by atoms with Gasteiger partial charge in [0.15, 0.2) is 0 Å². The van der Waals surface area contributed by atoms with Gasteiger partial charge in [0.2, 0.25) is 5.91 Å². The number of anilines is 2. The summed E-state index contributed by atoms with van der Waals surface area (Å²) < 4.78 is 0. The van der Waals surface area contributed by atoms with Gasteiger partial charge in [0.25, 0.3) is 5.91 Å². The Hall–Kier alpha value is -3.35. The molecule has 0 saturated carbocycles. The van der Waals surface area contributed by atoms with Crippen molar-refractivity contribution in [2.24, 2.45) is 0 Å². The summed E-state index contributed by atoms with van der Waals surface area (Å²) >= 11 is 0. The predicted octanol–water partition coefficient (Wildman–Crippen LogP) is 3.15. The predicted molar refractivity (Wildman–Crippen MR) is 111 cm³/mol. The van der Waals surface area contributed by atoms with Crippen LogP contribution in [0.5, 0.6) is 0 Å². The highest BCUT2D eigenvalue weighted by Crippen LogP contribution is 2.16. The van der Waals surface area contributed by atoms with Crippen LogP contribution in [0.3, 0.4) is 0 Å². The van der Waals surface area contributed by atoms with Crippen LogP contribution in [0.1, 0.15) is 36.7 Å². The first-order valence-corrected chi connectivity index (χ1v) is 9.23. The molecule has 2 rings (SSSR count). The SMILES string of the molecule is CCc1ccccc1NC(=O)CNC(=O)c1ccccc1NC(=O)NC(C)C. The summed E-state index contributed by atoms with van der Waals surface area (Å²) in [5.41, 5.74) is 2.41. The lowest BCUT2D eigenvalue weighted by atomic mass is 10.1. The van der Waals surface area contributed by atoms with Gasteiger partial charge in [0.05, 0.1) is 17.8 Å². The van der Waals surface area contributed by atoms with Crippen LogP contribution in [0.2, 0.25) is 0 Å². The number of benzene rings is 2. The van der Waals surface area contributed by atoms with Crippen molar-refractivity contribution in [3.63, 3.8) is 0 Å². The van der Waals surface area contributed by atoms with Crippen molar-refractivity contribution in [3.8, 4) is 0 Å². The molecule has 28 heavy (non-hydrogen) atoms. The Kier molecular flexibility index (Phi) is 7.56. The molecule has 0 aliphatic heterocycles. The number of carbonyl (C=O) groups is 3. The average Bonchev–Trinajstić information content (AvgIpc) is 2.66. The maximum Gasteiger partial charge on any atom is 0.319 e. The van der Waals surface area contributed by atoms with Gasteiger partial charge in [-0.05, 0) is 44.0 Å². The summed E-state index contributed by atoms with van der Waals surface area (Å²) in [6.45, 7) is 5.51. The molecule has 0 unspecified atom stereocenters. The van der Waals surface area contributed by atoms with Crippen molar-refractivity contribution in [2.45, 2.75) is 33.2 Å². The minimum absolute atomic E-state index is 0.0318. The number of carbonyl (C=O) groups excluding carboxylic acids is 3. The molecule has 0 aliphatic carbocycles. The van der Waals surface area contributed by atoms with Crippen LogP contribution in [0.4, 0.5) is 16.2 Å². The van der Waals surface area contributed by atoms with E-state index in [0.29, 0.717) is 5.69 Å². The highest BCUT2D eigenvalue weighted by molar-refractivity contribution is 6.05. The minimum Gasteiger partial charge on any atom is -0.343 e. The molecular formula is C21H26N4O3. The van der Waals surface area contributed by atoms with E-state index in [1.165, 1.54) is 0 Å². The van der Waals surface area contributed by atoms with Gasteiger partial charge in [-0.15, -0.1) is 0 Å². The summed E-state index contributed by atoms with van der Waals surface area (Å²) in [5.74, 6) is -0.767. The van der Waals surface area contributed by atoms with Crippen molar-refractivity contribution in [3.05, 3.63) is 59.7 Å². The van der Waals surface area contributed by atoms with E-state index in [1.54, 1.807) is 24.3 Å². The molecular weight excluding hydrogens is 356 g/mol. The molecule has 2 aromatic carbocycles. The number of amides is 4. The third kappa shape index (κ3) is 6.12. The smallest absolute Gasteiger partial charge is 0.319 e.